The summed E-state index contributed by atoms with van der Waals surface area (Å²) in [5, 5.41) is 2.32. The molecule has 6 nitrogen and oxygen atoms in total. The van der Waals surface area contributed by atoms with Crippen LogP contribution in [0, 0.1) is 13.8 Å². The Hall–Kier alpha value is -4.71. The van der Waals surface area contributed by atoms with Gasteiger partial charge in [0.05, 0.1) is 29.2 Å². The molecular formula is C33H30N2O4. The maximum Gasteiger partial charge on any atom is 0.337 e. The van der Waals surface area contributed by atoms with Gasteiger partial charge in [-0.25, -0.2) is 4.79 Å². The first-order valence-electron chi connectivity index (χ1n) is 13.0. The summed E-state index contributed by atoms with van der Waals surface area (Å²) in [7, 11) is 1.35. The van der Waals surface area contributed by atoms with Crippen molar-refractivity contribution in [1.82, 2.24) is 9.55 Å². The zero-order valence-corrected chi connectivity index (χ0v) is 22.7. The smallest absolute Gasteiger partial charge is 0.337 e. The highest BCUT2D eigenvalue weighted by molar-refractivity contribution is 6.03. The lowest BCUT2D eigenvalue weighted by atomic mass is 10.0. The number of fused-ring (bicyclic) bond motifs is 4. The summed E-state index contributed by atoms with van der Waals surface area (Å²) in [5.41, 5.74) is 6.12. The van der Waals surface area contributed by atoms with E-state index in [4.69, 9.17) is 4.74 Å². The number of carbonyl (C=O) groups excluding carboxylic acids is 1. The van der Waals surface area contributed by atoms with Crippen LogP contribution in [0.1, 0.15) is 40.9 Å². The number of ether oxygens (including phenoxy) is 1. The minimum atomic E-state index is -0.394. The number of aromatic amines is 1. The summed E-state index contributed by atoms with van der Waals surface area (Å²) in [6, 6.07) is 22.4. The molecule has 6 aromatic rings. The second-order valence-electron chi connectivity index (χ2n) is 9.54. The minimum absolute atomic E-state index is 0.0696. The molecule has 1 N–H and O–H groups in total. The maximum atomic E-state index is 13.7. The lowest BCUT2D eigenvalue weighted by Crippen LogP contribution is -2.14. The van der Waals surface area contributed by atoms with Crippen molar-refractivity contribution in [3.63, 3.8) is 0 Å². The molecule has 2 aromatic heterocycles. The van der Waals surface area contributed by atoms with Gasteiger partial charge in [-0.05, 0) is 67.9 Å². The van der Waals surface area contributed by atoms with Gasteiger partial charge in [-0.1, -0.05) is 49.2 Å². The van der Waals surface area contributed by atoms with Crippen molar-refractivity contribution in [2.45, 2.75) is 34.2 Å². The third-order valence-electron chi connectivity index (χ3n) is 7.01. The van der Waals surface area contributed by atoms with E-state index >= 15 is 0 Å². The molecule has 196 valence electrons. The van der Waals surface area contributed by atoms with Crippen LogP contribution in [0.15, 0.2) is 82.4 Å². The lowest BCUT2D eigenvalue weighted by molar-refractivity contribution is 0.0600. The van der Waals surface area contributed by atoms with Crippen LogP contribution in [0.3, 0.4) is 0 Å². The predicted octanol–water partition coefficient (Wildman–Crippen LogP) is 6.63. The summed E-state index contributed by atoms with van der Waals surface area (Å²) >= 11 is 0. The van der Waals surface area contributed by atoms with Gasteiger partial charge in [-0.2, -0.15) is 0 Å². The van der Waals surface area contributed by atoms with Crippen LogP contribution in [0.4, 0.5) is 0 Å². The molecule has 6 rings (SSSR count). The van der Waals surface area contributed by atoms with E-state index in [0.29, 0.717) is 44.7 Å². The molecule has 0 aliphatic carbocycles. The molecule has 6 heteroatoms. The number of pyridine rings is 2. The Balaban J connectivity index is 0.00000151. The Morgan fingerprint density at radius 3 is 2.00 bits per heavy atom. The third kappa shape index (κ3) is 4.48. The fourth-order valence-electron chi connectivity index (χ4n) is 5.09. The zero-order valence-electron chi connectivity index (χ0n) is 22.7. The summed E-state index contributed by atoms with van der Waals surface area (Å²) in [6.45, 7) is 8.37. The molecule has 2 heterocycles. The molecule has 0 fully saturated rings. The molecule has 0 aliphatic heterocycles. The monoisotopic (exact) mass is 518 g/mol. The molecule has 0 bridgehead atoms. The molecule has 0 saturated heterocycles. The average Bonchev–Trinajstić information content (AvgIpc) is 2.96. The first-order chi connectivity index (χ1) is 18.8. The van der Waals surface area contributed by atoms with Gasteiger partial charge >= 0.3 is 5.97 Å². The number of benzene rings is 4. The van der Waals surface area contributed by atoms with Gasteiger partial charge in [0.15, 0.2) is 10.9 Å². The van der Waals surface area contributed by atoms with Gasteiger partial charge in [-0.3, -0.25) is 9.59 Å². The van der Waals surface area contributed by atoms with Crippen LogP contribution in [-0.2, 0) is 11.3 Å². The van der Waals surface area contributed by atoms with Gasteiger partial charge < -0.3 is 14.3 Å². The van der Waals surface area contributed by atoms with E-state index in [1.807, 2.05) is 82.3 Å². The average molecular weight is 519 g/mol. The van der Waals surface area contributed by atoms with Crippen LogP contribution in [0.5, 0.6) is 0 Å². The van der Waals surface area contributed by atoms with Gasteiger partial charge in [0, 0.05) is 33.6 Å². The molecule has 0 unspecified atom stereocenters. The Morgan fingerprint density at radius 2 is 1.31 bits per heavy atom. The van der Waals surface area contributed by atoms with Gasteiger partial charge in [0.1, 0.15) is 0 Å². The van der Waals surface area contributed by atoms with Crippen molar-refractivity contribution in [3.8, 4) is 0 Å². The summed E-state index contributed by atoms with van der Waals surface area (Å²) in [4.78, 5) is 42.4. The summed E-state index contributed by atoms with van der Waals surface area (Å²) in [5.74, 6) is -0.394. The number of H-pyrrole nitrogens is 1. The highest BCUT2D eigenvalue weighted by atomic mass is 16.5. The lowest BCUT2D eigenvalue weighted by Gasteiger charge is -2.17. The van der Waals surface area contributed by atoms with E-state index in [9.17, 15) is 14.4 Å². The van der Waals surface area contributed by atoms with E-state index in [2.05, 4.69) is 9.55 Å². The van der Waals surface area contributed by atoms with Crippen LogP contribution >= 0.6 is 0 Å². The quantitative estimate of drug-likeness (QED) is 0.211. The van der Waals surface area contributed by atoms with Crippen molar-refractivity contribution >= 4 is 49.6 Å². The van der Waals surface area contributed by atoms with Crippen molar-refractivity contribution in [2.75, 3.05) is 7.11 Å². The minimum Gasteiger partial charge on any atom is -0.465 e. The van der Waals surface area contributed by atoms with E-state index in [1.165, 1.54) is 7.11 Å². The topological polar surface area (TPSA) is 81.2 Å². The summed E-state index contributed by atoms with van der Waals surface area (Å²) in [6.07, 6.45) is 0. The van der Waals surface area contributed by atoms with E-state index in [1.54, 1.807) is 18.2 Å². The zero-order chi connectivity index (χ0) is 27.8. The number of aryl methyl sites for hydroxylation is 2. The van der Waals surface area contributed by atoms with Crippen molar-refractivity contribution in [1.29, 1.82) is 0 Å². The molecule has 0 atom stereocenters. The Morgan fingerprint density at radius 1 is 0.718 bits per heavy atom. The number of nitrogens with zero attached hydrogens (tertiary/aromatic N) is 1. The van der Waals surface area contributed by atoms with Gasteiger partial charge in [0.2, 0.25) is 0 Å². The molecule has 0 radical (unpaired) electrons. The maximum absolute atomic E-state index is 13.7. The van der Waals surface area contributed by atoms with Gasteiger partial charge in [-0.15, -0.1) is 0 Å². The molecule has 4 aromatic carbocycles. The van der Waals surface area contributed by atoms with Crippen molar-refractivity contribution < 1.29 is 9.53 Å². The number of carbonyl (C=O) groups is 1. The van der Waals surface area contributed by atoms with Crippen LogP contribution in [0.25, 0.3) is 43.6 Å². The number of rotatable bonds is 3. The Bertz CT molecular complexity index is 2020. The largest absolute Gasteiger partial charge is 0.465 e. The SMILES string of the molecule is CC.COC(=O)c1ccc(Cn2c3ccc(C)cc3c(=O)c3cc4[nH]c5ccc(C)cc5c(=O)c4cc32)cc1. The summed E-state index contributed by atoms with van der Waals surface area (Å²) < 4.78 is 6.88. The van der Waals surface area contributed by atoms with Crippen molar-refractivity contribution in [3.05, 3.63) is 115 Å². The molecular weight excluding hydrogens is 488 g/mol. The van der Waals surface area contributed by atoms with E-state index < -0.39 is 5.97 Å². The first kappa shape index (κ1) is 25.9. The highest BCUT2D eigenvalue weighted by Gasteiger charge is 2.15. The standard InChI is InChI=1S/C31H24N2O4.C2H6/c1-17-4-10-25-21(12-17)29(34)22-15-28-24(14-26(22)32-25)30(35)23-13-18(2)5-11-27(23)33(28)16-19-6-8-20(9-7-19)31(36)37-3;1-2/h4-15H,16H2,1-3H3,(H,32,34);1-2H3. The molecule has 0 aliphatic rings. The predicted molar refractivity (Wildman–Crippen MR) is 159 cm³/mol. The second-order valence-corrected chi connectivity index (χ2v) is 9.54. The second kappa shape index (κ2) is 10.2. The number of methoxy groups -OCH3 is 1. The van der Waals surface area contributed by atoms with Crippen LogP contribution < -0.4 is 10.9 Å². The first-order valence-corrected chi connectivity index (χ1v) is 13.0. The number of hydrogen-bond acceptors (Lipinski definition) is 4. The highest BCUT2D eigenvalue weighted by Crippen LogP contribution is 2.26. The number of hydrogen-bond donors (Lipinski definition) is 1. The fourth-order valence-corrected chi connectivity index (χ4v) is 5.09. The Labute approximate surface area is 225 Å². The van der Waals surface area contributed by atoms with Gasteiger partial charge in [0.25, 0.3) is 0 Å². The van der Waals surface area contributed by atoms with Crippen LogP contribution in [-0.4, -0.2) is 22.6 Å². The van der Waals surface area contributed by atoms with Crippen LogP contribution in [0.2, 0.25) is 0 Å². The molecule has 39 heavy (non-hydrogen) atoms. The van der Waals surface area contributed by atoms with E-state index in [-0.39, 0.29) is 10.9 Å². The molecule has 0 spiro atoms. The Kier molecular flexibility index (Phi) is 6.79. The number of nitrogens with one attached hydrogen (secondary N) is 1. The number of aromatic nitrogens is 2. The van der Waals surface area contributed by atoms with Crippen molar-refractivity contribution in [2.24, 2.45) is 0 Å². The normalized spacial score (nSPS) is 11.1. The van der Waals surface area contributed by atoms with E-state index in [0.717, 1.165) is 27.7 Å². The fraction of sp³-hybridized carbons (Fsp3) is 0.182. The number of esters is 1. The molecule has 0 saturated carbocycles. The third-order valence-corrected chi connectivity index (χ3v) is 7.01. The molecule has 0 amide bonds.